The van der Waals surface area contributed by atoms with Crippen LogP contribution in [0.25, 0.3) is 0 Å². The zero-order valence-electron chi connectivity index (χ0n) is 11.8. The number of hydrogen-bond donors (Lipinski definition) is 1. The van der Waals surface area contributed by atoms with Gasteiger partial charge >= 0.3 is 0 Å². The summed E-state index contributed by atoms with van der Waals surface area (Å²) < 4.78 is 23.7. The van der Waals surface area contributed by atoms with Gasteiger partial charge in [0.1, 0.15) is 0 Å². The highest BCUT2D eigenvalue weighted by molar-refractivity contribution is 9.10. The molecule has 1 aromatic carbocycles. The summed E-state index contributed by atoms with van der Waals surface area (Å²) >= 11 is 3.40. The third-order valence-corrected chi connectivity index (χ3v) is 5.93. The summed E-state index contributed by atoms with van der Waals surface area (Å²) in [6.07, 6.45) is 3.75. The molecule has 1 fully saturated rings. The first-order chi connectivity index (χ1) is 9.94. The van der Waals surface area contributed by atoms with Crippen LogP contribution in [0.4, 0.5) is 0 Å². The molecule has 1 saturated heterocycles. The number of carbonyl (C=O) groups is 1. The quantitative estimate of drug-likeness (QED) is 0.778. The van der Waals surface area contributed by atoms with Gasteiger partial charge in [0.25, 0.3) is 0 Å². The van der Waals surface area contributed by atoms with Gasteiger partial charge in [-0.05, 0) is 43.4 Å². The first-order valence-electron chi connectivity index (χ1n) is 7.19. The van der Waals surface area contributed by atoms with E-state index in [2.05, 4.69) is 33.4 Å². The summed E-state index contributed by atoms with van der Waals surface area (Å²) in [7, 11) is -2.92. The van der Waals surface area contributed by atoms with Crippen molar-refractivity contribution in [3.63, 3.8) is 0 Å². The predicted octanol–water partition coefficient (Wildman–Crippen LogP) is 2.47. The number of rotatable bonds is 6. The summed E-state index contributed by atoms with van der Waals surface area (Å²) in [5.41, 5.74) is 1.26. The second kappa shape index (κ2) is 7.40. The topological polar surface area (TPSA) is 63.2 Å². The molecule has 21 heavy (non-hydrogen) atoms. The van der Waals surface area contributed by atoms with E-state index >= 15 is 0 Å². The molecule has 1 N–H and O–H groups in total. The van der Waals surface area contributed by atoms with E-state index in [1.165, 1.54) is 5.56 Å². The van der Waals surface area contributed by atoms with Gasteiger partial charge < -0.3 is 5.32 Å². The fourth-order valence-electron chi connectivity index (χ4n) is 2.47. The molecule has 0 spiro atoms. The van der Waals surface area contributed by atoms with Gasteiger partial charge in [0.05, 0.1) is 11.5 Å². The first-order valence-corrected chi connectivity index (χ1v) is 9.80. The fourth-order valence-corrected chi connectivity index (χ4v) is 4.41. The van der Waals surface area contributed by atoms with Crippen molar-refractivity contribution in [3.05, 3.63) is 34.3 Å². The third kappa shape index (κ3) is 5.79. The molecular weight excluding hydrogens is 354 g/mol. The summed E-state index contributed by atoms with van der Waals surface area (Å²) in [6, 6.07) is 8.00. The molecule has 1 aromatic rings. The summed E-state index contributed by atoms with van der Waals surface area (Å²) in [6.45, 7) is 0. The van der Waals surface area contributed by atoms with Crippen molar-refractivity contribution >= 4 is 31.7 Å². The average molecular weight is 374 g/mol. The Bertz CT molecular complexity index is 583. The van der Waals surface area contributed by atoms with E-state index in [0.29, 0.717) is 12.8 Å². The van der Waals surface area contributed by atoms with Gasteiger partial charge in [0, 0.05) is 16.9 Å². The molecule has 0 bridgehead atoms. The van der Waals surface area contributed by atoms with Crippen molar-refractivity contribution in [2.45, 2.75) is 38.1 Å². The van der Waals surface area contributed by atoms with E-state index in [1.54, 1.807) is 0 Å². The van der Waals surface area contributed by atoms with Gasteiger partial charge in [-0.1, -0.05) is 28.1 Å². The maximum atomic E-state index is 11.8. The van der Waals surface area contributed by atoms with Crippen molar-refractivity contribution in [1.82, 2.24) is 5.32 Å². The molecule has 1 aliphatic rings. The Morgan fingerprint density at radius 2 is 1.95 bits per heavy atom. The number of aryl methyl sites for hydroxylation is 1. The summed E-state index contributed by atoms with van der Waals surface area (Å²) in [4.78, 5) is 11.8. The molecule has 1 aliphatic heterocycles. The van der Waals surface area contributed by atoms with Crippen molar-refractivity contribution in [2.75, 3.05) is 11.5 Å². The molecule has 6 heteroatoms. The van der Waals surface area contributed by atoms with Crippen LogP contribution in [0.5, 0.6) is 0 Å². The maximum absolute atomic E-state index is 11.8. The summed E-state index contributed by atoms with van der Waals surface area (Å²) in [5.74, 6) is 0.256. The predicted molar refractivity (Wildman–Crippen MR) is 86.9 cm³/mol. The number of halogens is 1. The minimum Gasteiger partial charge on any atom is -0.352 e. The van der Waals surface area contributed by atoms with Crippen LogP contribution >= 0.6 is 15.9 Å². The smallest absolute Gasteiger partial charge is 0.220 e. The zero-order valence-corrected chi connectivity index (χ0v) is 14.2. The van der Waals surface area contributed by atoms with E-state index in [1.807, 2.05) is 12.1 Å². The molecule has 1 heterocycles. The number of unbranched alkanes of at least 4 members (excludes halogenated alkanes) is 1. The summed E-state index contributed by atoms with van der Waals surface area (Å²) in [5, 5.41) is 2.82. The van der Waals surface area contributed by atoms with Crippen LogP contribution in [0.3, 0.4) is 0 Å². The molecule has 0 saturated carbocycles. The van der Waals surface area contributed by atoms with Gasteiger partial charge in [0.15, 0.2) is 9.84 Å². The Kier molecular flexibility index (Phi) is 5.81. The minimum absolute atomic E-state index is 0.0343. The van der Waals surface area contributed by atoms with Gasteiger partial charge in [0.2, 0.25) is 5.91 Å². The van der Waals surface area contributed by atoms with E-state index in [-0.39, 0.29) is 23.5 Å². The normalized spacial score (nSPS) is 20.3. The number of benzene rings is 1. The number of sulfone groups is 1. The Balaban J connectivity index is 1.62. The Labute approximate surface area is 134 Å². The molecule has 1 amide bonds. The van der Waals surface area contributed by atoms with E-state index in [0.717, 1.165) is 23.7 Å². The van der Waals surface area contributed by atoms with Crippen LogP contribution in [-0.4, -0.2) is 31.9 Å². The van der Waals surface area contributed by atoms with Gasteiger partial charge in [-0.25, -0.2) is 8.42 Å². The number of amides is 1. The SMILES string of the molecule is O=C(CCCCc1ccc(Br)cc1)NC1CCS(=O)(=O)C1. The van der Waals surface area contributed by atoms with Gasteiger partial charge in [-0.2, -0.15) is 0 Å². The largest absolute Gasteiger partial charge is 0.352 e. The van der Waals surface area contributed by atoms with Crippen LogP contribution in [0, 0.1) is 0 Å². The highest BCUT2D eigenvalue weighted by Crippen LogP contribution is 2.14. The van der Waals surface area contributed by atoms with Gasteiger partial charge in [-0.15, -0.1) is 0 Å². The number of hydrogen-bond acceptors (Lipinski definition) is 3. The highest BCUT2D eigenvalue weighted by Gasteiger charge is 2.28. The molecule has 2 rings (SSSR count). The van der Waals surface area contributed by atoms with Crippen molar-refractivity contribution in [3.8, 4) is 0 Å². The minimum atomic E-state index is -2.92. The molecule has 1 unspecified atom stereocenters. The molecular formula is C15H20BrNO3S. The van der Waals surface area contributed by atoms with Crippen LogP contribution in [-0.2, 0) is 21.1 Å². The molecule has 0 aliphatic carbocycles. The van der Waals surface area contributed by atoms with Crippen LogP contribution in [0.1, 0.15) is 31.2 Å². The Morgan fingerprint density at radius 3 is 2.57 bits per heavy atom. The van der Waals surface area contributed by atoms with Crippen LogP contribution in [0.2, 0.25) is 0 Å². The highest BCUT2D eigenvalue weighted by atomic mass is 79.9. The molecule has 1 atom stereocenters. The number of carbonyl (C=O) groups excluding carboxylic acids is 1. The lowest BCUT2D eigenvalue weighted by Crippen LogP contribution is -2.35. The fraction of sp³-hybridized carbons (Fsp3) is 0.533. The second-order valence-electron chi connectivity index (χ2n) is 5.50. The first kappa shape index (κ1) is 16.5. The molecule has 116 valence electrons. The van der Waals surface area contributed by atoms with Crippen LogP contribution < -0.4 is 5.32 Å². The molecule has 0 radical (unpaired) electrons. The second-order valence-corrected chi connectivity index (χ2v) is 8.65. The monoisotopic (exact) mass is 373 g/mol. The number of nitrogens with one attached hydrogen (secondary N) is 1. The lowest BCUT2D eigenvalue weighted by atomic mass is 10.1. The standard InChI is InChI=1S/C15H20BrNO3S/c16-13-7-5-12(6-8-13)3-1-2-4-15(18)17-14-9-10-21(19,20)11-14/h5-8,14H,1-4,9-11H2,(H,17,18). The van der Waals surface area contributed by atoms with Gasteiger partial charge in [-0.3, -0.25) is 4.79 Å². The zero-order chi connectivity index (χ0) is 15.3. The average Bonchev–Trinajstić information content (AvgIpc) is 2.76. The lowest BCUT2D eigenvalue weighted by molar-refractivity contribution is -0.121. The van der Waals surface area contributed by atoms with Crippen molar-refractivity contribution < 1.29 is 13.2 Å². The maximum Gasteiger partial charge on any atom is 0.220 e. The molecule has 0 aromatic heterocycles. The van der Waals surface area contributed by atoms with E-state index < -0.39 is 9.84 Å². The third-order valence-electron chi connectivity index (χ3n) is 3.63. The lowest BCUT2D eigenvalue weighted by Gasteiger charge is -2.10. The Hall–Kier alpha value is -0.880. The Morgan fingerprint density at radius 1 is 1.24 bits per heavy atom. The van der Waals surface area contributed by atoms with E-state index in [9.17, 15) is 13.2 Å². The molecule has 4 nitrogen and oxygen atoms in total. The van der Waals surface area contributed by atoms with E-state index in [4.69, 9.17) is 0 Å². The van der Waals surface area contributed by atoms with Crippen molar-refractivity contribution in [1.29, 1.82) is 0 Å². The van der Waals surface area contributed by atoms with Crippen molar-refractivity contribution in [2.24, 2.45) is 0 Å². The van der Waals surface area contributed by atoms with Crippen LogP contribution in [0.15, 0.2) is 28.7 Å².